The predicted molar refractivity (Wildman–Crippen MR) is 120 cm³/mol. The predicted octanol–water partition coefficient (Wildman–Crippen LogP) is 6.57. The van der Waals surface area contributed by atoms with Crippen molar-refractivity contribution in [3.05, 3.63) is 88.4 Å². The van der Waals surface area contributed by atoms with E-state index in [9.17, 15) is 23.1 Å². The lowest BCUT2D eigenvalue weighted by Gasteiger charge is -2.36. The van der Waals surface area contributed by atoms with Crippen LogP contribution in [0.1, 0.15) is 12.5 Å². The summed E-state index contributed by atoms with van der Waals surface area (Å²) in [6, 6.07) is 16.0. The van der Waals surface area contributed by atoms with Crippen molar-refractivity contribution < 1.29 is 27.8 Å². The van der Waals surface area contributed by atoms with Gasteiger partial charge in [0.05, 0.1) is 6.04 Å². The fourth-order valence-corrected chi connectivity index (χ4v) is 4.16. The fraction of sp³-hybridized carbons (Fsp3) is 0.174. The molecule has 4 rings (SSSR count). The Morgan fingerprint density at radius 2 is 1.48 bits per heavy atom. The standard InChI is InChI=1S/C23H17Cl2F3N2O3/c1-14-22(32,15-3-2-4-20(13-15)33-23(26,27)28)30(19-11-7-17(25)8-12-19)21(31)29(14)18-9-5-16(24)6-10-18/h2-14,32H,1H3/t14-,22?/m1/s1. The van der Waals surface area contributed by atoms with Crippen LogP contribution in [0.5, 0.6) is 5.75 Å². The number of aliphatic hydroxyl groups is 1. The largest absolute Gasteiger partial charge is 0.573 e. The highest BCUT2D eigenvalue weighted by atomic mass is 35.5. The number of ether oxygens (including phenoxy) is 1. The molecule has 1 heterocycles. The van der Waals surface area contributed by atoms with Crippen molar-refractivity contribution in [3.8, 4) is 5.75 Å². The minimum absolute atomic E-state index is 0.0384. The number of halogens is 5. The Morgan fingerprint density at radius 1 is 0.939 bits per heavy atom. The number of hydrogen-bond acceptors (Lipinski definition) is 3. The van der Waals surface area contributed by atoms with Gasteiger partial charge in [0, 0.05) is 27.0 Å². The van der Waals surface area contributed by atoms with Crippen LogP contribution in [-0.2, 0) is 5.72 Å². The van der Waals surface area contributed by atoms with Crippen LogP contribution in [-0.4, -0.2) is 23.5 Å². The summed E-state index contributed by atoms with van der Waals surface area (Å²) in [5, 5.41) is 12.8. The van der Waals surface area contributed by atoms with Crippen LogP contribution in [0.25, 0.3) is 0 Å². The van der Waals surface area contributed by atoms with Gasteiger partial charge in [-0.2, -0.15) is 0 Å². The van der Waals surface area contributed by atoms with E-state index in [-0.39, 0.29) is 5.56 Å². The topological polar surface area (TPSA) is 53.0 Å². The lowest BCUT2D eigenvalue weighted by molar-refractivity contribution is -0.274. The SMILES string of the molecule is C[C@H]1N(c2ccc(Cl)cc2)C(=O)N(c2ccc(Cl)cc2)C1(O)c1cccc(OC(F)(F)F)c1. The molecule has 3 aromatic rings. The highest BCUT2D eigenvalue weighted by Gasteiger charge is 2.57. The molecule has 2 amide bonds. The first-order valence-corrected chi connectivity index (χ1v) is 10.5. The molecule has 172 valence electrons. The highest BCUT2D eigenvalue weighted by Crippen LogP contribution is 2.45. The minimum Gasteiger partial charge on any atom is -0.406 e. The summed E-state index contributed by atoms with van der Waals surface area (Å²) in [6.45, 7) is 1.60. The third-order valence-electron chi connectivity index (χ3n) is 5.39. The number of anilines is 2. The molecule has 5 nitrogen and oxygen atoms in total. The molecule has 0 saturated carbocycles. The molecular formula is C23H17Cl2F3N2O3. The van der Waals surface area contributed by atoms with E-state index in [2.05, 4.69) is 4.74 Å². The maximum Gasteiger partial charge on any atom is 0.573 e. The van der Waals surface area contributed by atoms with Gasteiger partial charge >= 0.3 is 12.4 Å². The van der Waals surface area contributed by atoms with Crippen molar-refractivity contribution >= 4 is 40.6 Å². The number of alkyl halides is 3. The van der Waals surface area contributed by atoms with Crippen molar-refractivity contribution in [3.63, 3.8) is 0 Å². The van der Waals surface area contributed by atoms with Crippen molar-refractivity contribution in [1.82, 2.24) is 0 Å². The maximum atomic E-state index is 13.6. The number of benzene rings is 3. The molecule has 0 aliphatic carbocycles. The third kappa shape index (κ3) is 4.34. The maximum absolute atomic E-state index is 13.6. The van der Waals surface area contributed by atoms with Gasteiger partial charge in [-0.05, 0) is 67.6 Å². The van der Waals surface area contributed by atoms with Crippen LogP contribution in [0.2, 0.25) is 10.0 Å². The number of hydrogen-bond donors (Lipinski definition) is 1. The second-order valence-electron chi connectivity index (χ2n) is 7.42. The normalized spacial score (nSPS) is 20.9. The molecule has 1 fully saturated rings. The molecule has 1 unspecified atom stereocenters. The summed E-state index contributed by atoms with van der Waals surface area (Å²) in [4.78, 5) is 16.1. The molecule has 0 spiro atoms. The lowest BCUT2D eigenvalue weighted by atomic mass is 9.94. The molecule has 1 aliphatic heterocycles. The minimum atomic E-state index is -4.91. The van der Waals surface area contributed by atoms with E-state index in [0.717, 1.165) is 17.0 Å². The summed E-state index contributed by atoms with van der Waals surface area (Å²) in [7, 11) is 0. The summed E-state index contributed by atoms with van der Waals surface area (Å²) in [6.07, 6.45) is -4.91. The Kier molecular flexibility index (Phi) is 5.94. The van der Waals surface area contributed by atoms with Crippen molar-refractivity contribution in [2.75, 3.05) is 9.80 Å². The number of nitrogens with zero attached hydrogens (tertiary/aromatic N) is 2. The Bertz CT molecular complexity index is 1170. The van der Waals surface area contributed by atoms with Gasteiger partial charge in [-0.25, -0.2) is 4.79 Å². The van der Waals surface area contributed by atoms with E-state index in [1.54, 1.807) is 55.5 Å². The first kappa shape index (κ1) is 23.2. The molecule has 3 aromatic carbocycles. The van der Waals surface area contributed by atoms with Gasteiger partial charge in [-0.3, -0.25) is 9.80 Å². The Morgan fingerprint density at radius 3 is 2.03 bits per heavy atom. The van der Waals surface area contributed by atoms with Gasteiger partial charge in [0.15, 0.2) is 5.72 Å². The van der Waals surface area contributed by atoms with Crippen molar-refractivity contribution in [2.45, 2.75) is 25.1 Å². The Hall–Kier alpha value is -2.94. The third-order valence-corrected chi connectivity index (χ3v) is 5.89. The Labute approximate surface area is 197 Å². The van der Waals surface area contributed by atoms with Crippen molar-refractivity contribution in [2.24, 2.45) is 0 Å². The molecule has 33 heavy (non-hydrogen) atoms. The van der Waals surface area contributed by atoms with E-state index >= 15 is 0 Å². The van der Waals surface area contributed by atoms with Crippen LogP contribution in [0, 0.1) is 0 Å². The summed E-state index contributed by atoms with van der Waals surface area (Å²) >= 11 is 12.0. The van der Waals surface area contributed by atoms with Gasteiger partial charge in [0.2, 0.25) is 0 Å². The fourth-order valence-electron chi connectivity index (χ4n) is 3.91. The molecular weight excluding hydrogens is 480 g/mol. The first-order chi connectivity index (χ1) is 15.5. The Balaban J connectivity index is 1.87. The van der Waals surface area contributed by atoms with E-state index < -0.39 is 29.9 Å². The van der Waals surface area contributed by atoms with Gasteiger partial charge in [0.1, 0.15) is 5.75 Å². The first-order valence-electron chi connectivity index (χ1n) is 9.74. The second-order valence-corrected chi connectivity index (χ2v) is 8.29. The monoisotopic (exact) mass is 496 g/mol. The lowest BCUT2D eigenvalue weighted by Crippen LogP contribution is -2.48. The van der Waals surface area contributed by atoms with E-state index in [0.29, 0.717) is 21.4 Å². The summed E-state index contributed by atoms with van der Waals surface area (Å²) in [5.41, 5.74) is -1.25. The number of carbonyl (C=O) groups is 1. The van der Waals surface area contributed by atoms with Crippen LogP contribution in [0.15, 0.2) is 72.8 Å². The summed E-state index contributed by atoms with van der Waals surface area (Å²) < 4.78 is 42.4. The number of carbonyl (C=O) groups excluding carboxylic acids is 1. The van der Waals surface area contributed by atoms with Crippen LogP contribution >= 0.6 is 23.2 Å². The highest BCUT2D eigenvalue weighted by molar-refractivity contribution is 6.31. The summed E-state index contributed by atoms with van der Waals surface area (Å²) in [5.74, 6) is -0.519. The van der Waals surface area contributed by atoms with Crippen molar-refractivity contribution in [1.29, 1.82) is 0 Å². The molecule has 0 bridgehead atoms. The zero-order chi connectivity index (χ0) is 24.0. The second kappa shape index (κ2) is 8.44. The molecule has 10 heteroatoms. The average Bonchev–Trinajstić information content (AvgIpc) is 2.95. The molecule has 1 N–H and O–H groups in total. The van der Waals surface area contributed by atoms with Crippen LogP contribution < -0.4 is 14.5 Å². The molecule has 1 saturated heterocycles. The smallest absolute Gasteiger partial charge is 0.406 e. The number of urea groups is 1. The van der Waals surface area contributed by atoms with Gasteiger partial charge < -0.3 is 9.84 Å². The molecule has 2 atom stereocenters. The zero-order valence-electron chi connectivity index (χ0n) is 17.1. The average molecular weight is 497 g/mol. The number of rotatable bonds is 4. The van der Waals surface area contributed by atoms with E-state index in [1.807, 2.05) is 0 Å². The molecule has 1 aliphatic rings. The van der Waals surface area contributed by atoms with Crippen LogP contribution in [0.3, 0.4) is 0 Å². The van der Waals surface area contributed by atoms with Gasteiger partial charge in [0.25, 0.3) is 0 Å². The van der Waals surface area contributed by atoms with Gasteiger partial charge in [-0.15, -0.1) is 13.2 Å². The zero-order valence-corrected chi connectivity index (χ0v) is 18.6. The van der Waals surface area contributed by atoms with Gasteiger partial charge in [-0.1, -0.05) is 35.3 Å². The molecule has 0 aromatic heterocycles. The van der Waals surface area contributed by atoms with E-state index in [1.165, 1.54) is 17.0 Å². The number of amides is 2. The van der Waals surface area contributed by atoms with E-state index in [4.69, 9.17) is 23.2 Å². The van der Waals surface area contributed by atoms with Crippen LogP contribution in [0.4, 0.5) is 29.3 Å². The quantitative estimate of drug-likeness (QED) is 0.444. The molecule has 0 radical (unpaired) electrons.